The van der Waals surface area contributed by atoms with E-state index in [9.17, 15) is 4.79 Å². The minimum atomic E-state index is -0.103. The van der Waals surface area contributed by atoms with Crippen molar-refractivity contribution < 1.29 is 4.79 Å². The molecule has 0 saturated heterocycles. The van der Waals surface area contributed by atoms with Gasteiger partial charge in [-0.3, -0.25) is 4.79 Å². The average Bonchev–Trinajstić information content (AvgIpc) is 2.48. The van der Waals surface area contributed by atoms with Gasteiger partial charge in [-0.15, -0.1) is 0 Å². The van der Waals surface area contributed by atoms with E-state index in [0.29, 0.717) is 17.8 Å². The third-order valence-electron chi connectivity index (χ3n) is 1.97. The summed E-state index contributed by atoms with van der Waals surface area (Å²) in [4.78, 5) is 19.4. The largest absolute Gasteiger partial charge is 0.346 e. The third kappa shape index (κ3) is 1.11. The maximum Gasteiger partial charge on any atom is 0.255 e. The molecular formula is C9H9N3O. The predicted octanol–water partition coefficient (Wildman–Crippen LogP) is 0.753. The van der Waals surface area contributed by atoms with E-state index in [2.05, 4.69) is 21.9 Å². The number of aromatic nitrogens is 2. The molecule has 66 valence electrons. The van der Waals surface area contributed by atoms with Gasteiger partial charge in [0.05, 0.1) is 23.5 Å². The highest BCUT2D eigenvalue weighted by Crippen LogP contribution is 2.20. The normalized spacial score (nSPS) is 13.8. The number of fused-ring (bicyclic) bond motifs is 1. The Morgan fingerprint density at radius 3 is 3.08 bits per heavy atom. The molecule has 0 radical (unpaired) electrons. The minimum Gasteiger partial charge on any atom is -0.346 e. The number of nitrogens with one attached hydrogen (secondary N) is 1. The van der Waals surface area contributed by atoms with Crippen LogP contribution in [-0.2, 0) is 6.54 Å². The second-order valence-corrected chi connectivity index (χ2v) is 3.01. The molecule has 0 aromatic carbocycles. The van der Waals surface area contributed by atoms with Crippen molar-refractivity contribution in [3.8, 4) is 0 Å². The Bertz CT molecular complexity index is 398. The van der Waals surface area contributed by atoms with Gasteiger partial charge in [-0.1, -0.05) is 6.58 Å². The maximum atomic E-state index is 11.4. The summed E-state index contributed by atoms with van der Waals surface area (Å²) in [6.07, 6.45) is 1.46. The van der Waals surface area contributed by atoms with Crippen LogP contribution in [0, 0.1) is 0 Å². The molecule has 0 aliphatic carbocycles. The van der Waals surface area contributed by atoms with Gasteiger partial charge in [-0.2, -0.15) is 0 Å². The number of rotatable bonds is 1. The van der Waals surface area contributed by atoms with E-state index < -0.39 is 0 Å². The molecule has 1 amide bonds. The molecular weight excluding hydrogens is 166 g/mol. The van der Waals surface area contributed by atoms with E-state index in [1.165, 1.54) is 6.33 Å². The van der Waals surface area contributed by atoms with Gasteiger partial charge in [0.2, 0.25) is 0 Å². The summed E-state index contributed by atoms with van der Waals surface area (Å²) in [6.45, 7) is 6.09. The molecule has 0 unspecified atom stereocenters. The van der Waals surface area contributed by atoms with Crippen molar-refractivity contribution in [2.24, 2.45) is 0 Å². The summed E-state index contributed by atoms with van der Waals surface area (Å²) < 4.78 is 0. The SMILES string of the molecule is C=C(C)c1ncnc2c1C(=O)NC2. The van der Waals surface area contributed by atoms with Gasteiger partial charge < -0.3 is 5.32 Å². The zero-order valence-corrected chi connectivity index (χ0v) is 7.29. The van der Waals surface area contributed by atoms with Crippen molar-refractivity contribution in [3.63, 3.8) is 0 Å². The van der Waals surface area contributed by atoms with Crippen molar-refractivity contribution in [2.45, 2.75) is 13.5 Å². The summed E-state index contributed by atoms with van der Waals surface area (Å²) >= 11 is 0. The van der Waals surface area contributed by atoms with Gasteiger partial charge in [0.15, 0.2) is 0 Å². The number of nitrogens with zero attached hydrogens (tertiary/aromatic N) is 2. The molecule has 1 aromatic rings. The first kappa shape index (κ1) is 7.91. The summed E-state index contributed by atoms with van der Waals surface area (Å²) in [5.74, 6) is -0.103. The summed E-state index contributed by atoms with van der Waals surface area (Å²) in [7, 11) is 0. The lowest BCUT2D eigenvalue weighted by molar-refractivity contribution is 0.0965. The monoisotopic (exact) mass is 175 g/mol. The summed E-state index contributed by atoms with van der Waals surface area (Å²) in [6, 6.07) is 0. The van der Waals surface area contributed by atoms with E-state index in [1.54, 1.807) is 0 Å². The van der Waals surface area contributed by atoms with Crippen LogP contribution in [0.1, 0.15) is 28.7 Å². The second-order valence-electron chi connectivity index (χ2n) is 3.01. The highest BCUT2D eigenvalue weighted by atomic mass is 16.1. The molecule has 4 heteroatoms. The standard InChI is InChI=1S/C9H9N3O/c1-5(2)8-7-6(11-4-12-8)3-10-9(7)13/h4H,1,3H2,2H3,(H,10,13). The van der Waals surface area contributed by atoms with Crippen molar-refractivity contribution in [2.75, 3.05) is 0 Å². The van der Waals surface area contributed by atoms with Crippen LogP contribution in [0.4, 0.5) is 0 Å². The van der Waals surface area contributed by atoms with E-state index in [1.807, 2.05) is 6.92 Å². The van der Waals surface area contributed by atoms with Crippen LogP contribution in [-0.4, -0.2) is 15.9 Å². The van der Waals surface area contributed by atoms with E-state index >= 15 is 0 Å². The highest BCUT2D eigenvalue weighted by Gasteiger charge is 2.24. The highest BCUT2D eigenvalue weighted by molar-refractivity contribution is 6.01. The first-order chi connectivity index (χ1) is 6.20. The van der Waals surface area contributed by atoms with Gasteiger partial charge >= 0.3 is 0 Å². The number of hydrogen-bond donors (Lipinski definition) is 1. The molecule has 1 N–H and O–H groups in total. The van der Waals surface area contributed by atoms with Crippen molar-refractivity contribution in [1.29, 1.82) is 0 Å². The zero-order chi connectivity index (χ0) is 9.42. The quantitative estimate of drug-likeness (QED) is 0.685. The third-order valence-corrected chi connectivity index (χ3v) is 1.97. The molecule has 1 aliphatic rings. The van der Waals surface area contributed by atoms with Crippen LogP contribution in [0.3, 0.4) is 0 Å². The zero-order valence-electron chi connectivity index (χ0n) is 7.29. The van der Waals surface area contributed by atoms with Crippen molar-refractivity contribution in [3.05, 3.63) is 29.9 Å². The summed E-state index contributed by atoms with van der Waals surface area (Å²) in [5.41, 5.74) is 2.78. The lowest BCUT2D eigenvalue weighted by atomic mass is 10.1. The molecule has 13 heavy (non-hydrogen) atoms. The first-order valence-electron chi connectivity index (χ1n) is 3.98. The van der Waals surface area contributed by atoms with Crippen LogP contribution in [0.15, 0.2) is 12.9 Å². The van der Waals surface area contributed by atoms with Crippen LogP contribution >= 0.6 is 0 Å². The maximum absolute atomic E-state index is 11.4. The molecule has 2 rings (SSSR count). The van der Waals surface area contributed by atoms with Crippen molar-refractivity contribution in [1.82, 2.24) is 15.3 Å². The number of carbonyl (C=O) groups is 1. The fourth-order valence-electron chi connectivity index (χ4n) is 1.37. The van der Waals surface area contributed by atoms with Crippen LogP contribution in [0.25, 0.3) is 5.57 Å². The number of carbonyl (C=O) groups excluding carboxylic acids is 1. The van der Waals surface area contributed by atoms with E-state index in [4.69, 9.17) is 0 Å². The van der Waals surface area contributed by atoms with E-state index in [-0.39, 0.29) is 5.91 Å². The summed E-state index contributed by atoms with van der Waals surface area (Å²) in [5, 5.41) is 2.70. The lowest BCUT2D eigenvalue weighted by Gasteiger charge is -2.02. The Balaban J connectivity index is 2.66. The Hall–Kier alpha value is -1.71. The minimum absolute atomic E-state index is 0.103. The van der Waals surface area contributed by atoms with Crippen molar-refractivity contribution >= 4 is 11.5 Å². The van der Waals surface area contributed by atoms with Crippen LogP contribution in [0.2, 0.25) is 0 Å². The van der Waals surface area contributed by atoms with Gasteiger partial charge in [-0.25, -0.2) is 9.97 Å². The number of hydrogen-bond acceptors (Lipinski definition) is 3. The molecule has 0 saturated carbocycles. The van der Waals surface area contributed by atoms with Crippen LogP contribution in [0.5, 0.6) is 0 Å². The molecule has 2 heterocycles. The smallest absolute Gasteiger partial charge is 0.255 e. The molecule has 1 aromatic heterocycles. The molecule has 0 atom stereocenters. The molecule has 4 nitrogen and oxygen atoms in total. The Morgan fingerprint density at radius 1 is 1.62 bits per heavy atom. The average molecular weight is 175 g/mol. The fourth-order valence-corrected chi connectivity index (χ4v) is 1.37. The number of amides is 1. The van der Waals surface area contributed by atoms with Gasteiger partial charge in [0.25, 0.3) is 5.91 Å². The topological polar surface area (TPSA) is 54.9 Å². The molecule has 0 bridgehead atoms. The Kier molecular flexibility index (Phi) is 1.62. The van der Waals surface area contributed by atoms with Gasteiger partial charge in [0, 0.05) is 0 Å². The van der Waals surface area contributed by atoms with Gasteiger partial charge in [0.1, 0.15) is 6.33 Å². The lowest BCUT2D eigenvalue weighted by Crippen LogP contribution is -2.13. The Morgan fingerprint density at radius 2 is 2.38 bits per heavy atom. The van der Waals surface area contributed by atoms with E-state index in [0.717, 1.165) is 11.3 Å². The van der Waals surface area contributed by atoms with Gasteiger partial charge in [-0.05, 0) is 12.5 Å². The Labute approximate surface area is 75.7 Å². The molecule has 0 spiro atoms. The predicted molar refractivity (Wildman–Crippen MR) is 47.9 cm³/mol. The fraction of sp³-hybridized carbons (Fsp3) is 0.222. The number of allylic oxidation sites excluding steroid dienone is 1. The van der Waals surface area contributed by atoms with Crippen LogP contribution < -0.4 is 5.32 Å². The molecule has 1 aliphatic heterocycles. The second kappa shape index (κ2) is 2.65. The first-order valence-corrected chi connectivity index (χ1v) is 3.98. The molecule has 0 fully saturated rings.